The van der Waals surface area contributed by atoms with Crippen LogP contribution in [0.2, 0.25) is 0 Å². The highest BCUT2D eigenvalue weighted by molar-refractivity contribution is 5.81. The van der Waals surface area contributed by atoms with Gasteiger partial charge in [0.05, 0.1) is 29.8 Å². The van der Waals surface area contributed by atoms with Crippen LogP contribution in [0.5, 0.6) is 11.5 Å². The van der Waals surface area contributed by atoms with E-state index in [1.54, 1.807) is 13.8 Å². The first-order valence-electron chi connectivity index (χ1n) is 14.1. The summed E-state index contributed by atoms with van der Waals surface area (Å²) in [5.74, 6) is 1.59. The van der Waals surface area contributed by atoms with E-state index < -0.39 is 5.60 Å². The van der Waals surface area contributed by atoms with Crippen LogP contribution in [0.1, 0.15) is 79.0 Å². The molecule has 0 spiro atoms. The van der Waals surface area contributed by atoms with Gasteiger partial charge in [-0.25, -0.2) is 0 Å². The van der Waals surface area contributed by atoms with Crippen molar-refractivity contribution < 1.29 is 24.1 Å². The van der Waals surface area contributed by atoms with Crippen LogP contribution in [0.3, 0.4) is 0 Å². The lowest BCUT2D eigenvalue weighted by molar-refractivity contribution is -0.144. The normalized spacial score (nSPS) is 19.5. The van der Waals surface area contributed by atoms with Crippen LogP contribution >= 0.6 is 0 Å². The number of hydrogen-bond acceptors (Lipinski definition) is 6. The average Bonchev–Trinajstić information content (AvgIpc) is 3.61. The quantitative estimate of drug-likeness (QED) is 0.304. The lowest BCUT2D eigenvalue weighted by atomic mass is 9.87. The van der Waals surface area contributed by atoms with Gasteiger partial charge in [0.15, 0.2) is 0 Å². The number of nitrogens with zero attached hydrogens (tertiary/aromatic N) is 1. The predicted molar refractivity (Wildman–Crippen MR) is 153 cm³/mol. The molecule has 0 unspecified atom stereocenters. The number of aliphatic hydroxyl groups is 1. The summed E-state index contributed by atoms with van der Waals surface area (Å²) in [6, 6.07) is 18.4. The number of esters is 1. The molecule has 0 aromatic heterocycles. The van der Waals surface area contributed by atoms with E-state index in [4.69, 9.17) is 14.2 Å². The Morgan fingerprint density at radius 3 is 2.38 bits per heavy atom. The maximum atomic E-state index is 12.0. The largest absolute Gasteiger partial charge is 0.491 e. The molecular weight excluding hydrogens is 502 g/mol. The topological polar surface area (TPSA) is 88.8 Å². The number of carbonyl (C=O) groups excluding carboxylic acids is 1. The second-order valence-corrected chi connectivity index (χ2v) is 11.6. The summed E-state index contributed by atoms with van der Waals surface area (Å²) in [6.07, 6.45) is 2.39. The van der Waals surface area contributed by atoms with Gasteiger partial charge in [-0.05, 0) is 124 Å². The first-order chi connectivity index (χ1) is 19.1. The monoisotopic (exact) mass is 539 g/mol. The maximum absolute atomic E-state index is 12.0. The summed E-state index contributed by atoms with van der Waals surface area (Å²) in [5, 5.41) is 20.1. The molecule has 208 valence electrons. The lowest BCUT2D eigenvalue weighted by Gasteiger charge is -2.21. The van der Waals surface area contributed by atoms with Gasteiger partial charge >= 0.3 is 5.97 Å². The molecule has 5 rings (SSSR count). The van der Waals surface area contributed by atoms with Gasteiger partial charge in [0.2, 0.25) is 0 Å². The highest BCUT2D eigenvalue weighted by atomic mass is 16.5. The fraction of sp³-hybridized carbons (Fsp3) is 0.412. The molecule has 6 heteroatoms. The fourth-order valence-electron chi connectivity index (χ4n) is 5.86. The number of rotatable bonds is 9. The average molecular weight is 540 g/mol. The second-order valence-electron chi connectivity index (χ2n) is 11.6. The van der Waals surface area contributed by atoms with E-state index in [-0.39, 0.29) is 30.5 Å². The minimum Gasteiger partial charge on any atom is -0.491 e. The Morgan fingerprint density at radius 1 is 1.05 bits per heavy atom. The standard InChI is InChI=1S/C34H37NO5/c1-6-38-33(36)29-17-28(29)22-7-10-24(11-8-22)40-30-14-13-27-26(30)12-9-23(18-35)32(27)31-20(2)15-25(16-21(31)3)39-19-34(4,5)37/h7-12,15-16,28-30,37H,6,13-14,17,19H2,1-5H3/t28-,29+,30-/m1/s1. The molecule has 0 aliphatic heterocycles. The molecule has 6 nitrogen and oxygen atoms in total. The fourth-order valence-corrected chi connectivity index (χ4v) is 5.86. The molecule has 3 aromatic carbocycles. The van der Waals surface area contributed by atoms with Crippen molar-refractivity contribution in [1.29, 1.82) is 5.26 Å². The van der Waals surface area contributed by atoms with Crippen molar-refractivity contribution >= 4 is 5.97 Å². The predicted octanol–water partition coefficient (Wildman–Crippen LogP) is 6.72. The van der Waals surface area contributed by atoms with Crippen LogP contribution in [0.15, 0.2) is 48.5 Å². The Labute approximate surface area is 236 Å². The summed E-state index contributed by atoms with van der Waals surface area (Å²) in [7, 11) is 0. The molecule has 3 atom stereocenters. The van der Waals surface area contributed by atoms with E-state index in [2.05, 4.69) is 6.07 Å². The summed E-state index contributed by atoms with van der Waals surface area (Å²) in [4.78, 5) is 12.0. The van der Waals surface area contributed by atoms with Crippen molar-refractivity contribution in [1.82, 2.24) is 0 Å². The summed E-state index contributed by atoms with van der Waals surface area (Å²) < 4.78 is 17.5. The Kier molecular flexibility index (Phi) is 7.61. The zero-order valence-electron chi connectivity index (χ0n) is 23.9. The molecular formula is C34H37NO5. The van der Waals surface area contributed by atoms with Crippen LogP contribution in [-0.2, 0) is 16.0 Å². The number of aryl methyl sites for hydroxylation is 2. The van der Waals surface area contributed by atoms with Crippen molar-refractivity contribution in [2.45, 2.75) is 71.5 Å². The molecule has 0 radical (unpaired) electrons. The highest BCUT2D eigenvalue weighted by Gasteiger charge is 2.45. The lowest BCUT2D eigenvalue weighted by Crippen LogP contribution is -2.27. The van der Waals surface area contributed by atoms with Crippen LogP contribution in [0.4, 0.5) is 0 Å². The SMILES string of the molecule is CCOC(=O)[C@H]1C[C@@H]1c1ccc(O[C@@H]2CCc3c2ccc(C#N)c3-c2c(C)cc(OCC(C)(C)O)cc2C)cc1. The number of carbonyl (C=O) groups is 1. The zero-order valence-corrected chi connectivity index (χ0v) is 23.9. The number of hydrogen-bond donors (Lipinski definition) is 1. The molecule has 3 aromatic rings. The van der Waals surface area contributed by atoms with E-state index in [1.807, 2.05) is 69.3 Å². The number of ether oxygens (including phenoxy) is 3. The van der Waals surface area contributed by atoms with E-state index >= 15 is 0 Å². The maximum Gasteiger partial charge on any atom is 0.309 e. The third kappa shape index (κ3) is 5.71. The van der Waals surface area contributed by atoms with Gasteiger partial charge < -0.3 is 19.3 Å². The molecule has 0 bridgehead atoms. The third-order valence-electron chi connectivity index (χ3n) is 7.79. The Balaban J connectivity index is 1.37. The molecule has 0 saturated heterocycles. The van der Waals surface area contributed by atoms with E-state index in [0.717, 1.165) is 64.0 Å². The van der Waals surface area contributed by atoms with Crippen LogP contribution < -0.4 is 9.47 Å². The van der Waals surface area contributed by atoms with E-state index in [9.17, 15) is 15.2 Å². The first-order valence-corrected chi connectivity index (χ1v) is 14.1. The van der Waals surface area contributed by atoms with Gasteiger partial charge in [-0.15, -0.1) is 0 Å². The van der Waals surface area contributed by atoms with Gasteiger partial charge in [-0.2, -0.15) is 5.26 Å². The smallest absolute Gasteiger partial charge is 0.309 e. The zero-order chi connectivity index (χ0) is 28.6. The van der Waals surface area contributed by atoms with E-state index in [1.165, 1.54) is 0 Å². The molecule has 1 N–H and O–H groups in total. The van der Waals surface area contributed by atoms with Gasteiger partial charge in [-0.3, -0.25) is 4.79 Å². The minimum atomic E-state index is -0.924. The number of benzene rings is 3. The first kappa shape index (κ1) is 27.7. The molecule has 2 aliphatic carbocycles. The van der Waals surface area contributed by atoms with Crippen molar-refractivity contribution in [3.05, 3.63) is 81.9 Å². The Hall–Kier alpha value is -3.82. The third-order valence-corrected chi connectivity index (χ3v) is 7.79. The summed E-state index contributed by atoms with van der Waals surface area (Å²) in [5.41, 5.74) is 7.22. The van der Waals surface area contributed by atoms with Crippen LogP contribution in [-0.4, -0.2) is 29.9 Å². The minimum absolute atomic E-state index is 0.0322. The van der Waals surface area contributed by atoms with Gasteiger partial charge in [0.25, 0.3) is 0 Å². The molecule has 1 fully saturated rings. The van der Waals surface area contributed by atoms with Crippen molar-refractivity contribution in [2.24, 2.45) is 5.92 Å². The molecule has 40 heavy (non-hydrogen) atoms. The Bertz CT molecular complexity index is 1440. The van der Waals surface area contributed by atoms with E-state index in [0.29, 0.717) is 17.9 Å². The summed E-state index contributed by atoms with van der Waals surface area (Å²) >= 11 is 0. The van der Waals surface area contributed by atoms with Gasteiger partial charge in [0, 0.05) is 5.56 Å². The van der Waals surface area contributed by atoms with Crippen molar-refractivity contribution in [2.75, 3.05) is 13.2 Å². The van der Waals surface area contributed by atoms with Crippen LogP contribution in [0, 0.1) is 31.1 Å². The molecule has 2 aliphatic rings. The second kappa shape index (κ2) is 11.0. The Morgan fingerprint density at radius 2 is 1.75 bits per heavy atom. The molecule has 0 heterocycles. The summed E-state index contributed by atoms with van der Waals surface area (Å²) in [6.45, 7) is 9.96. The van der Waals surface area contributed by atoms with Gasteiger partial charge in [0.1, 0.15) is 24.2 Å². The highest BCUT2D eigenvalue weighted by Crippen LogP contribution is 2.49. The molecule has 1 saturated carbocycles. The number of fused-ring (bicyclic) bond motifs is 1. The van der Waals surface area contributed by atoms with Crippen molar-refractivity contribution in [3.63, 3.8) is 0 Å². The van der Waals surface area contributed by atoms with Crippen LogP contribution in [0.25, 0.3) is 11.1 Å². The molecule has 0 amide bonds. The number of nitriles is 1. The van der Waals surface area contributed by atoms with Crippen molar-refractivity contribution in [3.8, 4) is 28.7 Å². The van der Waals surface area contributed by atoms with Gasteiger partial charge in [-0.1, -0.05) is 18.2 Å².